The van der Waals surface area contributed by atoms with Crippen LogP contribution in [0.1, 0.15) is 44.0 Å². The van der Waals surface area contributed by atoms with E-state index in [-0.39, 0.29) is 11.5 Å². The van der Waals surface area contributed by atoms with E-state index in [1.54, 1.807) is 40.9 Å². The number of aromatic nitrogens is 3. The van der Waals surface area contributed by atoms with E-state index in [1.807, 2.05) is 39.8 Å². The molecule has 4 rings (SSSR count). The lowest BCUT2D eigenvalue weighted by atomic mass is 10.1. The minimum Gasteiger partial charge on any atom is -0.443 e. The zero-order valence-corrected chi connectivity index (χ0v) is 22.4. The quantitative estimate of drug-likeness (QED) is 0.449. The average molecular weight is 511 g/mol. The first-order valence-corrected chi connectivity index (χ1v) is 12.5. The van der Waals surface area contributed by atoms with E-state index in [0.717, 1.165) is 12.8 Å². The van der Waals surface area contributed by atoms with E-state index in [4.69, 9.17) is 4.74 Å². The van der Waals surface area contributed by atoms with Crippen molar-refractivity contribution >= 4 is 23.5 Å². The zero-order chi connectivity index (χ0) is 26.9. The van der Waals surface area contributed by atoms with Crippen LogP contribution in [0, 0.1) is 11.7 Å². The summed E-state index contributed by atoms with van der Waals surface area (Å²) in [5.74, 6) is -0.142. The van der Waals surface area contributed by atoms with Gasteiger partial charge in [0.05, 0.1) is 17.5 Å². The molecule has 37 heavy (non-hydrogen) atoms. The lowest BCUT2D eigenvalue weighted by Crippen LogP contribution is -2.38. The molecule has 0 aliphatic heterocycles. The number of anilines is 1. The first-order valence-electron chi connectivity index (χ1n) is 12.5. The minimum absolute atomic E-state index is 0.00742. The number of likely N-dealkylation sites (N-methyl/N-ethyl adjacent to an activating group) is 2. The number of nitrogens with zero attached hydrogens (tertiary/aromatic N) is 6. The molecule has 0 spiro atoms. The second-order valence-electron chi connectivity index (χ2n) is 10.9. The number of hydrogen-bond donors (Lipinski definition) is 0. The van der Waals surface area contributed by atoms with Crippen LogP contribution in [0.15, 0.2) is 36.5 Å². The van der Waals surface area contributed by atoms with Gasteiger partial charge < -0.3 is 14.5 Å². The van der Waals surface area contributed by atoms with Crippen molar-refractivity contribution in [1.82, 2.24) is 24.4 Å². The molecular formula is C27H35FN6O3. The van der Waals surface area contributed by atoms with Gasteiger partial charge in [0.25, 0.3) is 5.91 Å². The number of halogens is 1. The predicted molar refractivity (Wildman–Crippen MR) is 140 cm³/mol. The highest BCUT2D eigenvalue weighted by atomic mass is 19.1. The Hall–Kier alpha value is -3.53. The van der Waals surface area contributed by atoms with E-state index in [1.165, 1.54) is 17.0 Å². The molecule has 2 heterocycles. The summed E-state index contributed by atoms with van der Waals surface area (Å²) in [6, 6.07) is 8.00. The fourth-order valence-electron chi connectivity index (χ4n) is 3.85. The largest absolute Gasteiger partial charge is 0.443 e. The third-order valence-electron chi connectivity index (χ3n) is 6.10. The smallest absolute Gasteiger partial charge is 0.416 e. The summed E-state index contributed by atoms with van der Waals surface area (Å²) in [5, 5.41) is 4.68. The van der Waals surface area contributed by atoms with Gasteiger partial charge in [0.1, 0.15) is 11.4 Å². The van der Waals surface area contributed by atoms with Gasteiger partial charge in [-0.15, -0.1) is 5.10 Å². The number of carbonyl (C=O) groups is 2. The second kappa shape index (κ2) is 10.5. The molecule has 0 bridgehead atoms. The highest BCUT2D eigenvalue weighted by Gasteiger charge is 2.31. The van der Waals surface area contributed by atoms with Crippen LogP contribution in [0.5, 0.6) is 0 Å². The topological polar surface area (TPSA) is 83.3 Å². The van der Waals surface area contributed by atoms with E-state index in [2.05, 4.69) is 10.1 Å². The molecule has 1 aliphatic rings. The lowest BCUT2D eigenvalue weighted by Gasteiger charge is -2.26. The van der Waals surface area contributed by atoms with Crippen LogP contribution in [0.25, 0.3) is 16.9 Å². The van der Waals surface area contributed by atoms with Crippen molar-refractivity contribution in [1.29, 1.82) is 0 Å². The normalized spacial score (nSPS) is 13.7. The van der Waals surface area contributed by atoms with Gasteiger partial charge in [-0.05, 0) is 77.9 Å². The SMILES string of the molecule is CN(C)CCN(C)C(=O)c1ccc(-c2cnc3ccc(N(CC4CC4)C(=O)OC(C)(C)C)nn23)cc1F. The Morgan fingerprint density at radius 2 is 1.84 bits per heavy atom. The summed E-state index contributed by atoms with van der Waals surface area (Å²) < 4.78 is 22.3. The van der Waals surface area contributed by atoms with Crippen LogP contribution >= 0.6 is 0 Å². The molecule has 198 valence electrons. The first-order chi connectivity index (χ1) is 17.4. The lowest BCUT2D eigenvalue weighted by molar-refractivity contribution is 0.0576. The van der Waals surface area contributed by atoms with E-state index < -0.39 is 17.5 Å². The van der Waals surface area contributed by atoms with Crippen LogP contribution in [0.3, 0.4) is 0 Å². The maximum absolute atomic E-state index is 15.1. The molecule has 10 heteroatoms. The van der Waals surface area contributed by atoms with Gasteiger partial charge in [-0.25, -0.2) is 18.7 Å². The number of fused-ring (bicyclic) bond motifs is 1. The molecule has 9 nitrogen and oxygen atoms in total. The van der Waals surface area contributed by atoms with Gasteiger partial charge in [-0.2, -0.15) is 0 Å². The van der Waals surface area contributed by atoms with Crippen molar-refractivity contribution in [3.05, 3.63) is 47.9 Å². The molecule has 1 fully saturated rings. The molecule has 0 atom stereocenters. The number of amides is 2. The van der Waals surface area contributed by atoms with E-state index in [9.17, 15) is 9.59 Å². The summed E-state index contributed by atoms with van der Waals surface area (Å²) in [4.78, 5) is 35.2. The number of rotatable bonds is 8. The second-order valence-corrected chi connectivity index (χ2v) is 10.9. The molecule has 1 aromatic carbocycles. The fraction of sp³-hybridized carbons (Fsp3) is 0.481. The summed E-state index contributed by atoms with van der Waals surface area (Å²) in [6.45, 7) is 7.17. The molecule has 3 aromatic rings. The third-order valence-corrected chi connectivity index (χ3v) is 6.10. The van der Waals surface area contributed by atoms with E-state index in [0.29, 0.717) is 48.3 Å². The van der Waals surface area contributed by atoms with Gasteiger partial charge >= 0.3 is 6.09 Å². The monoisotopic (exact) mass is 510 g/mol. The predicted octanol–water partition coefficient (Wildman–Crippen LogP) is 4.32. The van der Waals surface area contributed by atoms with Crippen LogP contribution in [0.4, 0.5) is 15.0 Å². The molecule has 2 amide bonds. The average Bonchev–Trinajstić information content (AvgIpc) is 3.55. The maximum atomic E-state index is 15.1. The van der Waals surface area contributed by atoms with Crippen LogP contribution < -0.4 is 4.90 Å². The standard InChI is InChI=1S/C27H35FN6O3/c1-27(2,3)37-26(36)33(17-18-7-8-18)24-12-11-23-29-16-22(34(23)30-24)19-9-10-20(21(28)15-19)25(35)32(6)14-13-31(4)5/h9-12,15-16,18H,7-8,13-14,17H2,1-6H3. The Labute approximate surface area is 216 Å². The molecule has 0 unspecified atom stereocenters. The number of imidazole rings is 1. The Morgan fingerprint density at radius 3 is 2.46 bits per heavy atom. The summed E-state index contributed by atoms with van der Waals surface area (Å²) >= 11 is 0. The molecule has 1 aliphatic carbocycles. The summed E-state index contributed by atoms with van der Waals surface area (Å²) in [5.41, 5.74) is 0.992. The molecule has 0 radical (unpaired) electrons. The van der Waals surface area contributed by atoms with Crippen molar-refractivity contribution in [2.75, 3.05) is 45.7 Å². The van der Waals surface area contributed by atoms with Crippen molar-refractivity contribution in [2.24, 2.45) is 5.92 Å². The number of ether oxygens (including phenoxy) is 1. The Bertz CT molecular complexity index is 1300. The molecule has 0 N–H and O–H groups in total. The van der Waals surface area contributed by atoms with Gasteiger partial charge in [-0.1, -0.05) is 6.07 Å². The number of hydrogen-bond acceptors (Lipinski definition) is 6. The van der Waals surface area contributed by atoms with Gasteiger partial charge in [-0.3, -0.25) is 9.69 Å². The summed E-state index contributed by atoms with van der Waals surface area (Å²) in [6.07, 6.45) is 3.27. The van der Waals surface area contributed by atoms with Gasteiger partial charge in [0.15, 0.2) is 11.5 Å². The van der Waals surface area contributed by atoms with Gasteiger partial charge in [0, 0.05) is 32.2 Å². The van der Waals surface area contributed by atoms with Crippen molar-refractivity contribution in [3.63, 3.8) is 0 Å². The highest BCUT2D eigenvalue weighted by molar-refractivity contribution is 5.95. The van der Waals surface area contributed by atoms with Gasteiger partial charge in [0.2, 0.25) is 0 Å². The molecule has 0 saturated heterocycles. The third kappa shape index (κ3) is 6.43. The van der Waals surface area contributed by atoms with Crippen LogP contribution in [-0.4, -0.2) is 82.8 Å². The molecule has 1 saturated carbocycles. The molecule has 2 aromatic heterocycles. The highest BCUT2D eigenvalue weighted by Crippen LogP contribution is 2.32. The molecular weight excluding hydrogens is 475 g/mol. The van der Waals surface area contributed by atoms with Crippen LogP contribution in [0.2, 0.25) is 0 Å². The Kier molecular flexibility index (Phi) is 7.49. The van der Waals surface area contributed by atoms with Crippen molar-refractivity contribution in [2.45, 2.75) is 39.2 Å². The Balaban J connectivity index is 1.63. The fourth-order valence-corrected chi connectivity index (χ4v) is 3.85. The van der Waals surface area contributed by atoms with Crippen molar-refractivity contribution < 1.29 is 18.7 Å². The van der Waals surface area contributed by atoms with Crippen LogP contribution in [-0.2, 0) is 4.74 Å². The summed E-state index contributed by atoms with van der Waals surface area (Å²) in [7, 11) is 5.50. The Morgan fingerprint density at radius 1 is 1.11 bits per heavy atom. The maximum Gasteiger partial charge on any atom is 0.416 e. The minimum atomic E-state index is -0.639. The first kappa shape index (κ1) is 26.5. The zero-order valence-electron chi connectivity index (χ0n) is 22.4. The number of benzene rings is 1. The van der Waals surface area contributed by atoms with Crippen molar-refractivity contribution in [3.8, 4) is 11.3 Å². The van der Waals surface area contributed by atoms with E-state index >= 15 is 4.39 Å². The number of carbonyl (C=O) groups excluding carboxylic acids is 2.